The molecule has 0 aliphatic heterocycles. The number of thioether (sulfide) groups is 1. The minimum Gasteiger partial charge on any atom is -0.481 e. The summed E-state index contributed by atoms with van der Waals surface area (Å²) in [6, 6.07) is 0. The van der Waals surface area contributed by atoms with Crippen LogP contribution in [0.2, 0.25) is 0 Å². The number of aliphatic carboxylic acids is 1. The van der Waals surface area contributed by atoms with E-state index in [1.807, 2.05) is 12.2 Å². The second kappa shape index (κ2) is 6.23. The van der Waals surface area contributed by atoms with Gasteiger partial charge < -0.3 is 9.63 Å². The minimum absolute atomic E-state index is 0.201. The molecular formula is C13H18N2O3S. The van der Waals surface area contributed by atoms with Crippen molar-refractivity contribution in [2.45, 2.75) is 43.6 Å². The Morgan fingerprint density at radius 3 is 2.95 bits per heavy atom. The van der Waals surface area contributed by atoms with Crippen LogP contribution in [-0.4, -0.2) is 26.5 Å². The first kappa shape index (κ1) is 14.1. The van der Waals surface area contributed by atoms with E-state index in [-0.39, 0.29) is 5.92 Å². The Hall–Kier alpha value is -1.30. The van der Waals surface area contributed by atoms with Crippen molar-refractivity contribution in [1.82, 2.24) is 10.1 Å². The highest BCUT2D eigenvalue weighted by Crippen LogP contribution is 2.34. The highest BCUT2D eigenvalue weighted by Gasteiger charge is 2.33. The SMILES string of the molecule is CC(C)SCc1noc([C@@H]2CC=CC[C@@H]2C(=O)O)n1. The monoisotopic (exact) mass is 282 g/mol. The molecule has 0 bridgehead atoms. The maximum absolute atomic E-state index is 11.2. The number of carboxylic acids is 1. The lowest BCUT2D eigenvalue weighted by Gasteiger charge is -2.21. The normalized spacial score (nSPS) is 22.9. The van der Waals surface area contributed by atoms with Crippen LogP contribution in [0.3, 0.4) is 0 Å². The molecular weight excluding hydrogens is 264 g/mol. The third-order valence-corrected chi connectivity index (χ3v) is 4.19. The van der Waals surface area contributed by atoms with E-state index in [1.165, 1.54) is 0 Å². The zero-order valence-electron chi connectivity index (χ0n) is 11.1. The Kier molecular flexibility index (Phi) is 4.63. The molecule has 2 atom stereocenters. The molecule has 19 heavy (non-hydrogen) atoms. The minimum atomic E-state index is -0.800. The van der Waals surface area contributed by atoms with Gasteiger partial charge in [0.05, 0.1) is 17.6 Å². The number of allylic oxidation sites excluding steroid dienone is 2. The first-order valence-corrected chi connectivity index (χ1v) is 7.44. The number of carboxylic acid groups (broad SMARTS) is 1. The van der Waals surface area contributed by atoms with Gasteiger partial charge in [-0.3, -0.25) is 4.79 Å². The predicted molar refractivity (Wildman–Crippen MR) is 73.0 cm³/mol. The lowest BCUT2D eigenvalue weighted by molar-refractivity contribution is -0.142. The molecule has 0 amide bonds. The zero-order chi connectivity index (χ0) is 13.8. The van der Waals surface area contributed by atoms with Gasteiger partial charge in [-0.05, 0) is 18.1 Å². The summed E-state index contributed by atoms with van der Waals surface area (Å²) in [4.78, 5) is 15.6. The molecule has 0 saturated carbocycles. The highest BCUT2D eigenvalue weighted by molar-refractivity contribution is 7.99. The topological polar surface area (TPSA) is 76.2 Å². The second-order valence-electron chi connectivity index (χ2n) is 4.90. The fraction of sp³-hybridized carbons (Fsp3) is 0.615. The Labute approximate surface area is 116 Å². The molecule has 1 aliphatic rings. The maximum atomic E-state index is 11.2. The van der Waals surface area contributed by atoms with Gasteiger partial charge in [-0.25, -0.2) is 0 Å². The van der Waals surface area contributed by atoms with Crippen molar-refractivity contribution in [1.29, 1.82) is 0 Å². The van der Waals surface area contributed by atoms with Gasteiger partial charge >= 0.3 is 5.97 Å². The van der Waals surface area contributed by atoms with E-state index in [0.717, 1.165) is 0 Å². The summed E-state index contributed by atoms with van der Waals surface area (Å²) in [5.74, 6) is 0.333. The van der Waals surface area contributed by atoms with Crippen LogP contribution in [0.1, 0.15) is 44.3 Å². The molecule has 0 fully saturated rings. The molecule has 1 aromatic heterocycles. The number of hydrogen-bond donors (Lipinski definition) is 1. The maximum Gasteiger partial charge on any atom is 0.307 e. The molecule has 5 nitrogen and oxygen atoms in total. The van der Waals surface area contributed by atoms with E-state index in [4.69, 9.17) is 4.52 Å². The second-order valence-corrected chi connectivity index (χ2v) is 6.47. The van der Waals surface area contributed by atoms with Crippen molar-refractivity contribution in [3.8, 4) is 0 Å². The molecule has 1 heterocycles. The van der Waals surface area contributed by atoms with Crippen LogP contribution >= 0.6 is 11.8 Å². The van der Waals surface area contributed by atoms with Gasteiger partial charge in [-0.2, -0.15) is 16.7 Å². The first-order chi connectivity index (χ1) is 9.08. The number of hydrogen-bond acceptors (Lipinski definition) is 5. The summed E-state index contributed by atoms with van der Waals surface area (Å²) in [6.07, 6.45) is 5.06. The van der Waals surface area contributed by atoms with Crippen LogP contribution in [0, 0.1) is 5.92 Å². The largest absolute Gasteiger partial charge is 0.481 e. The van der Waals surface area contributed by atoms with Crippen LogP contribution in [0.4, 0.5) is 0 Å². The average molecular weight is 282 g/mol. The van der Waals surface area contributed by atoms with Crippen molar-refractivity contribution < 1.29 is 14.4 Å². The summed E-state index contributed by atoms with van der Waals surface area (Å²) in [6.45, 7) is 4.22. The number of rotatable bonds is 5. The van der Waals surface area contributed by atoms with E-state index in [0.29, 0.717) is 35.6 Å². The van der Waals surface area contributed by atoms with Crippen LogP contribution in [0.15, 0.2) is 16.7 Å². The molecule has 0 unspecified atom stereocenters. The summed E-state index contributed by atoms with van der Waals surface area (Å²) in [5.41, 5.74) is 0. The van der Waals surface area contributed by atoms with Crippen LogP contribution in [0.5, 0.6) is 0 Å². The lowest BCUT2D eigenvalue weighted by atomic mass is 9.83. The third kappa shape index (κ3) is 3.59. The average Bonchev–Trinajstić information content (AvgIpc) is 2.85. The van der Waals surface area contributed by atoms with Crippen molar-refractivity contribution in [3.05, 3.63) is 23.9 Å². The lowest BCUT2D eigenvalue weighted by Crippen LogP contribution is -2.23. The van der Waals surface area contributed by atoms with E-state index < -0.39 is 11.9 Å². The number of aromatic nitrogens is 2. The highest BCUT2D eigenvalue weighted by atomic mass is 32.2. The summed E-state index contributed by atoms with van der Waals surface area (Å²) < 4.78 is 5.25. The molecule has 2 rings (SSSR count). The summed E-state index contributed by atoms with van der Waals surface area (Å²) in [7, 11) is 0. The Balaban J connectivity index is 2.08. The fourth-order valence-corrected chi connectivity index (χ4v) is 2.68. The molecule has 0 radical (unpaired) electrons. The van der Waals surface area contributed by atoms with Crippen LogP contribution in [0.25, 0.3) is 0 Å². The fourth-order valence-electron chi connectivity index (χ4n) is 2.08. The van der Waals surface area contributed by atoms with Gasteiger partial charge in [0.25, 0.3) is 0 Å². The molecule has 1 N–H and O–H groups in total. The van der Waals surface area contributed by atoms with Gasteiger partial charge in [0.2, 0.25) is 5.89 Å². The van der Waals surface area contributed by atoms with Crippen molar-refractivity contribution in [3.63, 3.8) is 0 Å². The van der Waals surface area contributed by atoms with Crippen molar-refractivity contribution in [2.24, 2.45) is 5.92 Å². The Morgan fingerprint density at radius 2 is 2.26 bits per heavy atom. The summed E-state index contributed by atoms with van der Waals surface area (Å²) in [5, 5.41) is 13.7. The van der Waals surface area contributed by atoms with Gasteiger partial charge in [-0.1, -0.05) is 31.2 Å². The smallest absolute Gasteiger partial charge is 0.307 e. The number of carbonyl (C=O) groups is 1. The Bertz CT molecular complexity index is 470. The molecule has 6 heteroatoms. The molecule has 0 saturated heterocycles. The molecule has 1 aromatic rings. The third-order valence-electron chi connectivity index (χ3n) is 3.10. The van der Waals surface area contributed by atoms with Crippen LogP contribution < -0.4 is 0 Å². The van der Waals surface area contributed by atoms with Gasteiger partial charge in [0.15, 0.2) is 5.82 Å². The Morgan fingerprint density at radius 1 is 1.53 bits per heavy atom. The van der Waals surface area contributed by atoms with E-state index >= 15 is 0 Å². The summed E-state index contributed by atoms with van der Waals surface area (Å²) >= 11 is 1.74. The predicted octanol–water partition coefficient (Wildman–Crippen LogP) is 2.85. The zero-order valence-corrected chi connectivity index (χ0v) is 11.9. The van der Waals surface area contributed by atoms with Gasteiger partial charge in [-0.15, -0.1) is 0 Å². The first-order valence-electron chi connectivity index (χ1n) is 6.39. The number of nitrogens with zero attached hydrogens (tertiary/aromatic N) is 2. The van der Waals surface area contributed by atoms with E-state index in [2.05, 4.69) is 24.0 Å². The van der Waals surface area contributed by atoms with E-state index in [9.17, 15) is 9.90 Å². The van der Waals surface area contributed by atoms with E-state index in [1.54, 1.807) is 11.8 Å². The van der Waals surface area contributed by atoms with Gasteiger partial charge in [0.1, 0.15) is 0 Å². The van der Waals surface area contributed by atoms with Gasteiger partial charge in [0, 0.05) is 0 Å². The quantitative estimate of drug-likeness (QED) is 0.837. The molecule has 104 valence electrons. The van der Waals surface area contributed by atoms with Crippen molar-refractivity contribution >= 4 is 17.7 Å². The molecule has 0 aromatic carbocycles. The molecule has 1 aliphatic carbocycles. The molecule has 0 spiro atoms. The van der Waals surface area contributed by atoms with Crippen molar-refractivity contribution in [2.75, 3.05) is 0 Å². The standard InChI is InChI=1S/C13H18N2O3S/c1-8(2)19-7-11-14-12(18-15-11)9-5-3-4-6-10(9)13(16)17/h3-4,8-10H,5-7H2,1-2H3,(H,16,17)/t9-,10+/m1/s1. The van der Waals surface area contributed by atoms with Crippen LogP contribution in [-0.2, 0) is 10.5 Å².